The lowest BCUT2D eigenvalue weighted by Crippen LogP contribution is -2.37. The molecule has 1 N–H and O–H groups in total. The largest absolute Gasteiger partial charge is 0.461 e. The third-order valence-corrected chi connectivity index (χ3v) is 3.74. The van der Waals surface area contributed by atoms with Crippen molar-refractivity contribution < 1.29 is 14.6 Å². The molecule has 5 nitrogen and oxygen atoms in total. The van der Waals surface area contributed by atoms with E-state index in [1.807, 2.05) is 5.38 Å². The van der Waals surface area contributed by atoms with Gasteiger partial charge in [-0.2, -0.15) is 0 Å². The van der Waals surface area contributed by atoms with Gasteiger partial charge in [0.2, 0.25) is 5.01 Å². The van der Waals surface area contributed by atoms with E-state index in [9.17, 15) is 9.90 Å². The van der Waals surface area contributed by atoms with Crippen molar-refractivity contribution in [3.63, 3.8) is 0 Å². The lowest BCUT2D eigenvalue weighted by atomic mass is 10.1. The van der Waals surface area contributed by atoms with Crippen molar-refractivity contribution >= 4 is 17.3 Å². The van der Waals surface area contributed by atoms with Crippen LogP contribution in [0.1, 0.15) is 35.3 Å². The Morgan fingerprint density at radius 2 is 2.56 bits per heavy atom. The number of aliphatic hydroxyl groups is 1. The number of piperidine rings is 1. The number of likely N-dealkylation sites (tertiary alicyclic amines) is 1. The molecule has 0 unspecified atom stereocenters. The molecule has 1 fully saturated rings. The molecule has 1 aliphatic heterocycles. The number of rotatable bonds is 4. The van der Waals surface area contributed by atoms with E-state index in [1.165, 1.54) is 11.3 Å². The highest BCUT2D eigenvalue weighted by molar-refractivity contribution is 7.11. The number of thiazole rings is 1. The van der Waals surface area contributed by atoms with E-state index in [4.69, 9.17) is 4.74 Å². The van der Waals surface area contributed by atoms with Crippen LogP contribution in [0.3, 0.4) is 0 Å². The van der Waals surface area contributed by atoms with Crippen LogP contribution < -0.4 is 0 Å². The van der Waals surface area contributed by atoms with Gasteiger partial charge in [-0.3, -0.25) is 4.90 Å². The number of carbonyl (C=O) groups excluding carboxylic acids is 1. The molecule has 0 aromatic carbocycles. The molecule has 1 aliphatic rings. The molecule has 0 amide bonds. The van der Waals surface area contributed by atoms with Gasteiger partial charge in [0.25, 0.3) is 0 Å². The zero-order valence-corrected chi connectivity index (χ0v) is 11.3. The summed E-state index contributed by atoms with van der Waals surface area (Å²) in [6.45, 7) is 4.50. The molecule has 0 bridgehead atoms. The van der Waals surface area contributed by atoms with Crippen LogP contribution in [-0.2, 0) is 11.3 Å². The topological polar surface area (TPSA) is 62.7 Å². The molecule has 1 aromatic heterocycles. The first-order chi connectivity index (χ1) is 8.69. The fourth-order valence-corrected chi connectivity index (χ4v) is 2.77. The van der Waals surface area contributed by atoms with Crippen molar-refractivity contribution in [2.45, 2.75) is 32.4 Å². The SMILES string of the molecule is CCOC(=O)c1nc(CN2CCC[C@H](O)C2)cs1. The third kappa shape index (κ3) is 3.51. The van der Waals surface area contributed by atoms with Crippen LogP contribution in [0.25, 0.3) is 0 Å². The quantitative estimate of drug-likeness (QED) is 0.835. The number of aromatic nitrogens is 1. The number of esters is 1. The highest BCUT2D eigenvalue weighted by Gasteiger charge is 2.19. The van der Waals surface area contributed by atoms with Crippen LogP contribution in [0.5, 0.6) is 0 Å². The first kappa shape index (κ1) is 13.5. The van der Waals surface area contributed by atoms with Crippen LogP contribution in [0.4, 0.5) is 0 Å². The summed E-state index contributed by atoms with van der Waals surface area (Å²) in [4.78, 5) is 17.9. The zero-order chi connectivity index (χ0) is 13.0. The van der Waals surface area contributed by atoms with Gasteiger partial charge < -0.3 is 9.84 Å². The minimum Gasteiger partial charge on any atom is -0.461 e. The summed E-state index contributed by atoms with van der Waals surface area (Å²) in [5, 5.41) is 11.9. The number of ether oxygens (including phenoxy) is 1. The van der Waals surface area contributed by atoms with E-state index in [1.54, 1.807) is 6.92 Å². The maximum atomic E-state index is 11.5. The molecule has 0 spiro atoms. The Bertz CT molecular complexity index is 408. The number of hydrogen-bond donors (Lipinski definition) is 1. The summed E-state index contributed by atoms with van der Waals surface area (Å²) in [6.07, 6.45) is 1.65. The molecule has 2 rings (SSSR count). The minimum atomic E-state index is -0.354. The molecule has 0 radical (unpaired) electrons. The molecule has 1 atom stereocenters. The standard InChI is InChI=1S/C12H18N2O3S/c1-2-17-12(16)11-13-9(8-18-11)6-14-5-3-4-10(15)7-14/h8,10,15H,2-7H2,1H3/t10-/m0/s1. The minimum absolute atomic E-state index is 0.234. The predicted molar refractivity (Wildman–Crippen MR) is 68.6 cm³/mol. The lowest BCUT2D eigenvalue weighted by Gasteiger charge is -2.29. The molecule has 18 heavy (non-hydrogen) atoms. The smallest absolute Gasteiger partial charge is 0.367 e. The van der Waals surface area contributed by atoms with E-state index in [2.05, 4.69) is 9.88 Å². The average molecular weight is 270 g/mol. The molecule has 6 heteroatoms. The highest BCUT2D eigenvalue weighted by Crippen LogP contribution is 2.16. The zero-order valence-electron chi connectivity index (χ0n) is 10.5. The van der Waals surface area contributed by atoms with Crippen molar-refractivity contribution in [3.05, 3.63) is 16.1 Å². The summed E-state index contributed by atoms with van der Waals surface area (Å²) in [5.74, 6) is -0.354. The van der Waals surface area contributed by atoms with Crippen LogP contribution >= 0.6 is 11.3 Å². The lowest BCUT2D eigenvalue weighted by molar-refractivity contribution is 0.0523. The number of carbonyl (C=O) groups is 1. The fourth-order valence-electron chi connectivity index (χ4n) is 2.07. The number of aliphatic hydroxyl groups excluding tert-OH is 1. The summed E-state index contributed by atoms with van der Waals surface area (Å²) in [7, 11) is 0. The molecule has 0 saturated carbocycles. The molecule has 100 valence electrons. The Morgan fingerprint density at radius 1 is 1.72 bits per heavy atom. The van der Waals surface area contributed by atoms with E-state index in [0.717, 1.165) is 25.1 Å². The molecule has 0 aliphatic carbocycles. The Kier molecular flexibility index (Phi) is 4.68. The van der Waals surface area contributed by atoms with Gasteiger partial charge in [0.05, 0.1) is 18.4 Å². The average Bonchev–Trinajstić information content (AvgIpc) is 2.78. The number of hydrogen-bond acceptors (Lipinski definition) is 6. The van der Waals surface area contributed by atoms with E-state index in [-0.39, 0.29) is 12.1 Å². The van der Waals surface area contributed by atoms with Gasteiger partial charge >= 0.3 is 5.97 Å². The van der Waals surface area contributed by atoms with Crippen molar-refractivity contribution in [2.75, 3.05) is 19.7 Å². The van der Waals surface area contributed by atoms with Crippen LogP contribution in [0.15, 0.2) is 5.38 Å². The van der Waals surface area contributed by atoms with Crippen molar-refractivity contribution in [1.82, 2.24) is 9.88 Å². The summed E-state index contributed by atoms with van der Waals surface area (Å²) in [5.41, 5.74) is 0.872. The summed E-state index contributed by atoms with van der Waals surface area (Å²) >= 11 is 1.31. The molecule has 1 saturated heterocycles. The molecular formula is C12H18N2O3S. The Morgan fingerprint density at radius 3 is 3.28 bits per heavy atom. The second-order valence-corrected chi connectivity index (χ2v) is 5.25. The Balaban J connectivity index is 1.91. The van der Waals surface area contributed by atoms with Crippen LogP contribution in [0, 0.1) is 0 Å². The molecule has 1 aromatic rings. The van der Waals surface area contributed by atoms with Gasteiger partial charge in [0.1, 0.15) is 0 Å². The van der Waals surface area contributed by atoms with Crippen LogP contribution in [0.2, 0.25) is 0 Å². The predicted octanol–water partition coefficient (Wildman–Crippen LogP) is 1.28. The maximum absolute atomic E-state index is 11.5. The monoisotopic (exact) mass is 270 g/mol. The highest BCUT2D eigenvalue weighted by atomic mass is 32.1. The normalized spacial score (nSPS) is 20.9. The van der Waals surface area contributed by atoms with Gasteiger partial charge in [-0.1, -0.05) is 0 Å². The molecule has 2 heterocycles. The number of nitrogens with zero attached hydrogens (tertiary/aromatic N) is 2. The van der Waals surface area contributed by atoms with Crippen molar-refractivity contribution in [1.29, 1.82) is 0 Å². The van der Waals surface area contributed by atoms with Gasteiger partial charge in [-0.05, 0) is 26.3 Å². The summed E-state index contributed by atoms with van der Waals surface area (Å²) < 4.78 is 4.90. The fraction of sp³-hybridized carbons (Fsp3) is 0.667. The van der Waals surface area contributed by atoms with Gasteiger partial charge in [0, 0.05) is 18.5 Å². The van der Waals surface area contributed by atoms with Gasteiger partial charge in [-0.25, -0.2) is 9.78 Å². The van der Waals surface area contributed by atoms with Gasteiger partial charge in [0.15, 0.2) is 0 Å². The van der Waals surface area contributed by atoms with E-state index < -0.39 is 0 Å². The number of β-amino-alcohol motifs (C(OH)–C–C–N with tert-alkyl or cyclic N) is 1. The van der Waals surface area contributed by atoms with Crippen LogP contribution in [-0.4, -0.2) is 46.8 Å². The van der Waals surface area contributed by atoms with Gasteiger partial charge in [-0.15, -0.1) is 11.3 Å². The van der Waals surface area contributed by atoms with Crippen molar-refractivity contribution in [2.24, 2.45) is 0 Å². The second-order valence-electron chi connectivity index (χ2n) is 4.40. The third-order valence-electron chi connectivity index (χ3n) is 2.87. The van der Waals surface area contributed by atoms with E-state index in [0.29, 0.717) is 24.7 Å². The Hall–Kier alpha value is -0.980. The first-order valence-corrected chi connectivity index (χ1v) is 7.09. The summed E-state index contributed by atoms with van der Waals surface area (Å²) in [6, 6.07) is 0. The first-order valence-electron chi connectivity index (χ1n) is 6.21. The van der Waals surface area contributed by atoms with Crippen molar-refractivity contribution in [3.8, 4) is 0 Å². The van der Waals surface area contributed by atoms with E-state index >= 15 is 0 Å². The maximum Gasteiger partial charge on any atom is 0.367 e. The Labute approximate surface area is 110 Å². The second kappa shape index (κ2) is 6.26. The molecular weight excluding hydrogens is 252 g/mol.